The Morgan fingerprint density at radius 3 is 2.64 bits per heavy atom. The van der Waals surface area contributed by atoms with Crippen LogP contribution in [0.15, 0.2) is 0 Å². The van der Waals surface area contributed by atoms with Gasteiger partial charge in [0.25, 0.3) is 5.92 Å². The molecule has 0 bridgehead atoms. The van der Waals surface area contributed by atoms with Crippen molar-refractivity contribution in [2.45, 2.75) is 38.4 Å². The number of likely N-dealkylation sites (tertiary alicyclic amines) is 1. The number of carbonyl (C=O) groups excluding carboxylic acids is 1. The Morgan fingerprint density at radius 2 is 2.21 bits per heavy atom. The van der Waals surface area contributed by atoms with E-state index in [2.05, 4.69) is 0 Å². The van der Waals surface area contributed by atoms with Crippen LogP contribution >= 0.6 is 0 Å². The summed E-state index contributed by atoms with van der Waals surface area (Å²) in [5.74, 6) is -2.93. The molecule has 0 radical (unpaired) electrons. The van der Waals surface area contributed by atoms with E-state index in [1.54, 1.807) is 13.8 Å². The van der Waals surface area contributed by atoms with Gasteiger partial charge in [-0.05, 0) is 20.3 Å². The molecule has 0 aromatic heterocycles. The van der Waals surface area contributed by atoms with E-state index in [1.165, 1.54) is 0 Å². The molecule has 82 valence electrons. The minimum atomic E-state index is -2.93. The van der Waals surface area contributed by atoms with Gasteiger partial charge in [0, 0.05) is 6.54 Å². The highest BCUT2D eigenvalue weighted by Crippen LogP contribution is 2.29. The van der Waals surface area contributed by atoms with Gasteiger partial charge in [-0.1, -0.05) is 0 Å². The van der Waals surface area contributed by atoms with Gasteiger partial charge < -0.3 is 9.64 Å². The van der Waals surface area contributed by atoms with E-state index >= 15 is 0 Å². The van der Waals surface area contributed by atoms with Crippen molar-refractivity contribution in [3.63, 3.8) is 0 Å². The lowest BCUT2D eigenvalue weighted by Crippen LogP contribution is -2.52. The van der Waals surface area contributed by atoms with Crippen LogP contribution in [0.25, 0.3) is 0 Å². The van der Waals surface area contributed by atoms with Crippen LogP contribution in [0.1, 0.15) is 20.3 Å². The summed E-state index contributed by atoms with van der Waals surface area (Å²) in [6, 6.07) is 0. The van der Waals surface area contributed by atoms with Crippen molar-refractivity contribution < 1.29 is 18.3 Å². The Morgan fingerprint density at radius 1 is 1.57 bits per heavy atom. The number of piperidine rings is 1. The molecule has 1 heterocycles. The fourth-order valence-corrected chi connectivity index (χ4v) is 1.53. The van der Waals surface area contributed by atoms with Gasteiger partial charge in [-0.15, -0.1) is 0 Å². The van der Waals surface area contributed by atoms with Crippen molar-refractivity contribution in [3.8, 4) is 0 Å². The van der Waals surface area contributed by atoms with Crippen LogP contribution in [0.2, 0.25) is 0 Å². The third-order valence-electron chi connectivity index (χ3n) is 2.15. The number of rotatable bonds is 3. The normalized spacial score (nSPS) is 26.6. The first kappa shape index (κ1) is 11.4. The Labute approximate surface area is 82.0 Å². The molecular weight excluding hydrogens is 192 g/mol. The summed E-state index contributed by atoms with van der Waals surface area (Å²) in [5, 5.41) is 0. The summed E-state index contributed by atoms with van der Waals surface area (Å²) in [6.07, 6.45) is -0.615. The maximum absolute atomic E-state index is 13.3. The SMILES string of the molecule is CC(C)O[C@H]1CCN(C=O)CC1(F)F. The van der Waals surface area contributed by atoms with Gasteiger partial charge in [0.2, 0.25) is 6.41 Å². The van der Waals surface area contributed by atoms with Crippen molar-refractivity contribution >= 4 is 6.41 Å². The first-order valence-corrected chi connectivity index (χ1v) is 4.68. The van der Waals surface area contributed by atoms with E-state index in [1.807, 2.05) is 0 Å². The van der Waals surface area contributed by atoms with Crippen LogP contribution in [-0.2, 0) is 9.53 Å². The first-order valence-electron chi connectivity index (χ1n) is 4.68. The van der Waals surface area contributed by atoms with Crippen molar-refractivity contribution in [1.82, 2.24) is 4.90 Å². The standard InChI is InChI=1S/C9H15F2NO2/c1-7(2)14-8-3-4-12(6-13)5-9(8,10)11/h6-8H,3-5H2,1-2H3/t8-/m0/s1. The topological polar surface area (TPSA) is 29.5 Å². The number of nitrogens with zero attached hydrogens (tertiary/aromatic N) is 1. The number of halogens is 2. The molecule has 0 aromatic rings. The lowest BCUT2D eigenvalue weighted by atomic mass is 10.0. The second kappa shape index (κ2) is 4.21. The molecular formula is C9H15F2NO2. The lowest BCUT2D eigenvalue weighted by molar-refractivity contribution is -0.185. The van der Waals surface area contributed by atoms with Gasteiger partial charge in [0.15, 0.2) is 0 Å². The van der Waals surface area contributed by atoms with E-state index in [0.29, 0.717) is 13.0 Å². The summed E-state index contributed by atoms with van der Waals surface area (Å²) >= 11 is 0. The van der Waals surface area contributed by atoms with Crippen molar-refractivity contribution in [1.29, 1.82) is 0 Å². The Kier molecular flexibility index (Phi) is 3.42. The fourth-order valence-electron chi connectivity index (χ4n) is 1.53. The van der Waals surface area contributed by atoms with Gasteiger partial charge in [0.05, 0.1) is 12.6 Å². The molecule has 0 spiro atoms. The van der Waals surface area contributed by atoms with Gasteiger partial charge in [0.1, 0.15) is 6.10 Å². The minimum Gasteiger partial charge on any atom is -0.369 e. The van der Waals surface area contributed by atoms with E-state index in [-0.39, 0.29) is 12.5 Å². The highest BCUT2D eigenvalue weighted by molar-refractivity contribution is 5.47. The molecule has 1 atom stereocenters. The minimum absolute atomic E-state index is 0.198. The van der Waals surface area contributed by atoms with Gasteiger partial charge in [-0.3, -0.25) is 4.79 Å². The van der Waals surface area contributed by atoms with Gasteiger partial charge in [-0.25, -0.2) is 8.78 Å². The summed E-state index contributed by atoms with van der Waals surface area (Å²) in [6.45, 7) is 3.26. The smallest absolute Gasteiger partial charge is 0.290 e. The third-order valence-corrected chi connectivity index (χ3v) is 2.15. The third kappa shape index (κ3) is 2.64. The maximum atomic E-state index is 13.3. The van der Waals surface area contributed by atoms with Crippen LogP contribution in [0.3, 0.4) is 0 Å². The molecule has 0 saturated carbocycles. The molecule has 3 nitrogen and oxygen atoms in total. The van der Waals surface area contributed by atoms with Crippen molar-refractivity contribution in [2.75, 3.05) is 13.1 Å². The van der Waals surface area contributed by atoms with E-state index in [0.717, 1.165) is 4.90 Å². The lowest BCUT2D eigenvalue weighted by Gasteiger charge is -2.37. The Bertz CT molecular complexity index is 209. The van der Waals surface area contributed by atoms with E-state index in [9.17, 15) is 13.6 Å². The second-order valence-electron chi connectivity index (χ2n) is 3.80. The molecule has 1 aliphatic heterocycles. The molecule has 1 fully saturated rings. The zero-order valence-electron chi connectivity index (χ0n) is 8.37. The highest BCUT2D eigenvalue weighted by atomic mass is 19.3. The number of carbonyl (C=O) groups is 1. The number of hydrogen-bond acceptors (Lipinski definition) is 2. The quantitative estimate of drug-likeness (QED) is 0.652. The van der Waals surface area contributed by atoms with Gasteiger partial charge >= 0.3 is 0 Å². The van der Waals surface area contributed by atoms with Crippen molar-refractivity contribution in [2.24, 2.45) is 0 Å². The molecule has 5 heteroatoms. The highest BCUT2D eigenvalue weighted by Gasteiger charge is 2.45. The summed E-state index contributed by atoms with van der Waals surface area (Å²) < 4.78 is 31.8. The largest absolute Gasteiger partial charge is 0.369 e. The fraction of sp³-hybridized carbons (Fsp3) is 0.889. The second-order valence-corrected chi connectivity index (χ2v) is 3.80. The number of alkyl halides is 2. The molecule has 1 rings (SSSR count). The van der Waals surface area contributed by atoms with Crippen LogP contribution < -0.4 is 0 Å². The van der Waals surface area contributed by atoms with Crippen molar-refractivity contribution in [3.05, 3.63) is 0 Å². The Balaban J connectivity index is 2.58. The summed E-state index contributed by atoms with van der Waals surface area (Å²) in [7, 11) is 0. The average molecular weight is 207 g/mol. The molecule has 0 aromatic carbocycles. The number of ether oxygens (including phenoxy) is 1. The number of hydrogen-bond donors (Lipinski definition) is 0. The first-order chi connectivity index (χ1) is 6.45. The maximum Gasteiger partial charge on any atom is 0.290 e. The predicted octanol–water partition coefficient (Wildman–Crippen LogP) is 1.28. The van der Waals surface area contributed by atoms with E-state index < -0.39 is 18.6 Å². The van der Waals surface area contributed by atoms with Crippen LogP contribution in [0, 0.1) is 0 Å². The summed E-state index contributed by atoms with van der Waals surface area (Å²) in [4.78, 5) is 11.4. The van der Waals surface area contributed by atoms with Crippen LogP contribution in [-0.4, -0.2) is 42.5 Å². The molecule has 14 heavy (non-hydrogen) atoms. The molecule has 1 saturated heterocycles. The number of amides is 1. The molecule has 0 aliphatic carbocycles. The van der Waals surface area contributed by atoms with Gasteiger partial charge in [-0.2, -0.15) is 0 Å². The monoisotopic (exact) mass is 207 g/mol. The zero-order chi connectivity index (χ0) is 10.8. The van der Waals surface area contributed by atoms with E-state index in [4.69, 9.17) is 4.74 Å². The molecule has 0 unspecified atom stereocenters. The summed E-state index contributed by atoms with van der Waals surface area (Å²) in [5.41, 5.74) is 0. The van der Waals surface area contributed by atoms with Crippen LogP contribution in [0.5, 0.6) is 0 Å². The molecule has 1 amide bonds. The predicted molar refractivity (Wildman–Crippen MR) is 47.2 cm³/mol. The van der Waals surface area contributed by atoms with Crippen LogP contribution in [0.4, 0.5) is 8.78 Å². The zero-order valence-corrected chi connectivity index (χ0v) is 8.37. The average Bonchev–Trinajstić information content (AvgIpc) is 2.07. The molecule has 0 N–H and O–H groups in total. The molecule has 1 aliphatic rings. The Hall–Kier alpha value is -0.710.